The fraction of sp³-hybridized carbons (Fsp3) is 0.882. The minimum Gasteiger partial charge on any atom is -0.463 e. The average molecular weight is 372 g/mol. The van der Waals surface area contributed by atoms with Crippen LogP contribution >= 0.6 is 0 Å². The summed E-state index contributed by atoms with van der Waals surface area (Å²) < 4.78 is 45.1. The monoisotopic (exact) mass is 372 g/mol. The number of halogens is 3. The Balaban J connectivity index is 0. The molecule has 0 aliphatic heterocycles. The zero-order valence-corrected chi connectivity index (χ0v) is 16.1. The van der Waals surface area contributed by atoms with Crippen LogP contribution in [0.1, 0.15) is 61.3 Å². The van der Waals surface area contributed by atoms with Crippen molar-refractivity contribution in [2.45, 2.75) is 73.6 Å². The molecule has 25 heavy (non-hydrogen) atoms. The smallest absolute Gasteiger partial charge is 0.425 e. The summed E-state index contributed by atoms with van der Waals surface area (Å²) in [6.45, 7) is 11.2. The van der Waals surface area contributed by atoms with Gasteiger partial charge in [0.15, 0.2) is 6.10 Å². The van der Waals surface area contributed by atoms with Gasteiger partial charge in [0.25, 0.3) is 0 Å². The summed E-state index contributed by atoms with van der Waals surface area (Å²) in [5.41, 5.74) is -1.28. The van der Waals surface area contributed by atoms with E-state index in [4.69, 9.17) is 9.84 Å². The molecule has 5 nitrogen and oxygen atoms in total. The molecular formula is C17H31F3O5. The molecule has 0 aromatic rings. The van der Waals surface area contributed by atoms with Gasteiger partial charge in [-0.15, -0.1) is 0 Å². The van der Waals surface area contributed by atoms with Crippen LogP contribution < -0.4 is 0 Å². The number of hydrogen-bond acceptors (Lipinski definition) is 5. The lowest BCUT2D eigenvalue weighted by atomic mass is 9.90. The van der Waals surface area contributed by atoms with Crippen molar-refractivity contribution in [1.29, 1.82) is 0 Å². The van der Waals surface area contributed by atoms with Crippen LogP contribution in [0.4, 0.5) is 13.2 Å². The lowest BCUT2D eigenvalue weighted by molar-refractivity contribution is -0.221. The molecule has 0 saturated carbocycles. The fourth-order valence-electron chi connectivity index (χ4n) is 1.01. The third-order valence-corrected chi connectivity index (χ3v) is 3.94. The van der Waals surface area contributed by atoms with E-state index in [0.717, 1.165) is 13.3 Å². The Hall–Kier alpha value is -1.31. The molecule has 0 amide bonds. The van der Waals surface area contributed by atoms with Gasteiger partial charge < -0.3 is 14.6 Å². The zero-order chi connectivity index (χ0) is 20.5. The van der Waals surface area contributed by atoms with Crippen molar-refractivity contribution >= 4 is 11.9 Å². The van der Waals surface area contributed by atoms with Gasteiger partial charge in [-0.05, 0) is 47.5 Å². The van der Waals surface area contributed by atoms with E-state index in [0.29, 0.717) is 6.42 Å². The summed E-state index contributed by atoms with van der Waals surface area (Å²) in [5, 5.41) is 8.38. The normalized spacial score (nSPS) is 13.4. The average Bonchev–Trinajstić information content (AvgIpc) is 2.51. The van der Waals surface area contributed by atoms with Crippen LogP contribution in [0.5, 0.6) is 0 Å². The second-order valence-corrected chi connectivity index (χ2v) is 6.92. The minimum atomic E-state index is -4.49. The first-order valence-electron chi connectivity index (χ1n) is 8.21. The Labute approximate surface area is 147 Å². The lowest BCUT2D eigenvalue weighted by Gasteiger charge is -2.24. The number of ether oxygens (including phenoxy) is 2. The Morgan fingerprint density at radius 2 is 1.36 bits per heavy atom. The number of carbonyl (C=O) groups is 2. The Kier molecular flexibility index (Phi) is 11.0. The first kappa shape index (κ1) is 25.9. The van der Waals surface area contributed by atoms with E-state index in [1.807, 2.05) is 20.8 Å². The SMILES string of the molecule is CCC(C)(C)C(=O)OC(C)C(F)(F)F.CCC(C)(C)C(=O)OCCO. The molecule has 0 rings (SSSR count). The highest BCUT2D eigenvalue weighted by molar-refractivity contribution is 5.76. The van der Waals surface area contributed by atoms with Crippen LogP contribution in [0.25, 0.3) is 0 Å². The van der Waals surface area contributed by atoms with E-state index >= 15 is 0 Å². The molecule has 0 aliphatic rings. The second kappa shape index (κ2) is 10.6. The number of rotatable bonds is 7. The predicted molar refractivity (Wildman–Crippen MR) is 87.8 cm³/mol. The molecule has 0 aliphatic carbocycles. The second-order valence-electron chi connectivity index (χ2n) is 6.92. The van der Waals surface area contributed by atoms with Gasteiger partial charge in [0.1, 0.15) is 6.61 Å². The maximum absolute atomic E-state index is 12.0. The van der Waals surface area contributed by atoms with Gasteiger partial charge in [-0.1, -0.05) is 13.8 Å². The highest BCUT2D eigenvalue weighted by Gasteiger charge is 2.41. The van der Waals surface area contributed by atoms with Gasteiger partial charge in [0.05, 0.1) is 17.4 Å². The third-order valence-electron chi connectivity index (χ3n) is 3.94. The number of aliphatic hydroxyl groups is 1. The zero-order valence-electron chi connectivity index (χ0n) is 16.1. The number of hydrogen-bond donors (Lipinski definition) is 1. The molecule has 0 saturated heterocycles. The molecule has 150 valence electrons. The standard InChI is InChI=1S/C9H15F3O2.C8H16O3/c1-5-8(3,4)7(13)14-6(2)9(10,11)12;1-4-8(2,3)7(10)11-6-5-9/h6H,5H2,1-4H3;9H,4-6H2,1-3H3. The topological polar surface area (TPSA) is 72.8 Å². The molecule has 1 N–H and O–H groups in total. The van der Waals surface area contributed by atoms with Gasteiger partial charge in [0, 0.05) is 0 Å². The Bertz CT molecular complexity index is 417. The van der Waals surface area contributed by atoms with Crippen LogP contribution in [0, 0.1) is 10.8 Å². The quantitative estimate of drug-likeness (QED) is 0.687. The van der Waals surface area contributed by atoms with Crippen LogP contribution in [0.2, 0.25) is 0 Å². The first-order chi connectivity index (χ1) is 11.2. The van der Waals surface area contributed by atoms with Crippen molar-refractivity contribution in [2.75, 3.05) is 13.2 Å². The molecule has 0 heterocycles. The van der Waals surface area contributed by atoms with E-state index < -0.39 is 29.1 Å². The number of aliphatic hydroxyl groups excluding tert-OH is 1. The fourth-order valence-corrected chi connectivity index (χ4v) is 1.01. The molecule has 1 unspecified atom stereocenters. The number of alkyl halides is 3. The van der Waals surface area contributed by atoms with Gasteiger partial charge in [-0.2, -0.15) is 13.2 Å². The first-order valence-corrected chi connectivity index (χ1v) is 8.21. The van der Waals surface area contributed by atoms with E-state index in [9.17, 15) is 22.8 Å². The maximum Gasteiger partial charge on any atom is 0.425 e. The van der Waals surface area contributed by atoms with Crippen LogP contribution in [-0.4, -0.2) is 42.5 Å². The lowest BCUT2D eigenvalue weighted by Crippen LogP contribution is -2.36. The predicted octanol–water partition coefficient (Wildman–Crippen LogP) is 3.87. The van der Waals surface area contributed by atoms with Crippen molar-refractivity contribution in [2.24, 2.45) is 10.8 Å². The minimum absolute atomic E-state index is 0.0995. The summed E-state index contributed by atoms with van der Waals surface area (Å²) in [6.07, 6.45) is -5.34. The Morgan fingerprint density at radius 1 is 0.960 bits per heavy atom. The van der Waals surface area contributed by atoms with Gasteiger partial charge >= 0.3 is 18.1 Å². The van der Waals surface area contributed by atoms with Crippen LogP contribution in [-0.2, 0) is 19.1 Å². The summed E-state index contributed by atoms with van der Waals surface area (Å²) >= 11 is 0. The summed E-state index contributed by atoms with van der Waals surface area (Å²) in [7, 11) is 0. The molecule has 0 radical (unpaired) electrons. The molecule has 8 heteroatoms. The number of esters is 2. The largest absolute Gasteiger partial charge is 0.463 e. The molecular weight excluding hydrogens is 341 g/mol. The van der Waals surface area contributed by atoms with Crippen molar-refractivity contribution in [3.63, 3.8) is 0 Å². The maximum atomic E-state index is 12.0. The molecule has 0 spiro atoms. The van der Waals surface area contributed by atoms with E-state index in [-0.39, 0.29) is 19.2 Å². The van der Waals surface area contributed by atoms with Crippen molar-refractivity contribution in [3.8, 4) is 0 Å². The van der Waals surface area contributed by atoms with Crippen molar-refractivity contribution in [3.05, 3.63) is 0 Å². The summed E-state index contributed by atoms with van der Waals surface area (Å²) in [6, 6.07) is 0. The van der Waals surface area contributed by atoms with E-state index in [2.05, 4.69) is 4.74 Å². The van der Waals surface area contributed by atoms with Crippen molar-refractivity contribution in [1.82, 2.24) is 0 Å². The molecule has 0 fully saturated rings. The van der Waals surface area contributed by atoms with Crippen molar-refractivity contribution < 1.29 is 37.3 Å². The van der Waals surface area contributed by atoms with E-state index in [1.165, 1.54) is 0 Å². The van der Waals surface area contributed by atoms with Crippen LogP contribution in [0.15, 0.2) is 0 Å². The molecule has 0 bridgehead atoms. The van der Waals surface area contributed by atoms with Crippen LogP contribution in [0.3, 0.4) is 0 Å². The van der Waals surface area contributed by atoms with Gasteiger partial charge in [-0.25, -0.2) is 0 Å². The molecule has 0 aromatic heterocycles. The van der Waals surface area contributed by atoms with E-state index in [1.54, 1.807) is 20.8 Å². The number of carbonyl (C=O) groups excluding carboxylic acids is 2. The summed E-state index contributed by atoms with van der Waals surface area (Å²) in [5.74, 6) is -1.06. The third kappa shape index (κ3) is 10.3. The molecule has 1 atom stereocenters. The summed E-state index contributed by atoms with van der Waals surface area (Å²) in [4.78, 5) is 22.4. The molecule has 0 aromatic carbocycles. The highest BCUT2D eigenvalue weighted by atomic mass is 19.4. The van der Waals surface area contributed by atoms with Gasteiger partial charge in [0.2, 0.25) is 0 Å². The highest BCUT2D eigenvalue weighted by Crippen LogP contribution is 2.27. The Morgan fingerprint density at radius 3 is 1.68 bits per heavy atom. The van der Waals surface area contributed by atoms with Gasteiger partial charge in [-0.3, -0.25) is 9.59 Å².